The highest BCUT2D eigenvalue weighted by molar-refractivity contribution is 7.10. The number of likely N-dealkylation sites (tertiary alicyclic amines) is 1. The van der Waals surface area contributed by atoms with Crippen molar-refractivity contribution in [2.45, 2.75) is 65.2 Å². The van der Waals surface area contributed by atoms with Crippen LogP contribution in [0, 0.1) is 5.92 Å². The Kier molecular flexibility index (Phi) is 7.44. The third-order valence-corrected chi connectivity index (χ3v) is 5.42. The molecule has 0 spiro atoms. The van der Waals surface area contributed by atoms with Gasteiger partial charge in [0.1, 0.15) is 0 Å². The highest BCUT2D eigenvalue weighted by Gasteiger charge is 2.34. The first-order valence-electron chi connectivity index (χ1n) is 9.06. The molecular weight excluding hydrogens is 338 g/mol. The average Bonchev–Trinajstić information content (AvgIpc) is 3.24. The van der Waals surface area contributed by atoms with Crippen LogP contribution in [-0.2, 0) is 19.1 Å². The number of nitrogens with zero attached hydrogens (tertiary/aromatic N) is 1. The van der Waals surface area contributed by atoms with Gasteiger partial charge < -0.3 is 14.4 Å². The van der Waals surface area contributed by atoms with Crippen molar-refractivity contribution < 1.29 is 19.1 Å². The predicted octanol–water partition coefficient (Wildman–Crippen LogP) is 3.79. The van der Waals surface area contributed by atoms with Gasteiger partial charge in [0.15, 0.2) is 12.2 Å². The molecule has 0 saturated carbocycles. The van der Waals surface area contributed by atoms with Crippen LogP contribution in [0.3, 0.4) is 0 Å². The topological polar surface area (TPSA) is 55.8 Å². The second kappa shape index (κ2) is 9.34. The van der Waals surface area contributed by atoms with Crippen LogP contribution in [0.25, 0.3) is 0 Å². The highest BCUT2D eigenvalue weighted by Crippen LogP contribution is 2.35. The van der Waals surface area contributed by atoms with Crippen molar-refractivity contribution >= 4 is 23.2 Å². The Morgan fingerprint density at radius 3 is 2.68 bits per heavy atom. The number of ether oxygens (including phenoxy) is 2. The van der Waals surface area contributed by atoms with Crippen molar-refractivity contribution in [2.75, 3.05) is 13.2 Å². The Labute approximate surface area is 154 Å². The molecule has 3 unspecified atom stereocenters. The molecule has 1 amide bonds. The van der Waals surface area contributed by atoms with Crippen LogP contribution in [-0.4, -0.2) is 42.1 Å². The van der Waals surface area contributed by atoms with Crippen LogP contribution in [0.2, 0.25) is 0 Å². The van der Waals surface area contributed by atoms with Crippen molar-refractivity contribution in [3.63, 3.8) is 0 Å². The van der Waals surface area contributed by atoms with Crippen LogP contribution >= 0.6 is 11.3 Å². The number of thiophene rings is 1. The molecule has 6 heteroatoms. The van der Waals surface area contributed by atoms with Crippen molar-refractivity contribution in [3.05, 3.63) is 22.4 Å². The number of rotatable bonds is 8. The van der Waals surface area contributed by atoms with Gasteiger partial charge in [-0.05, 0) is 50.5 Å². The Balaban J connectivity index is 1.85. The van der Waals surface area contributed by atoms with Crippen LogP contribution in [0.4, 0.5) is 0 Å². The van der Waals surface area contributed by atoms with E-state index in [0.29, 0.717) is 19.1 Å². The van der Waals surface area contributed by atoms with Gasteiger partial charge in [0.25, 0.3) is 5.91 Å². The Morgan fingerprint density at radius 2 is 2.04 bits per heavy atom. The van der Waals surface area contributed by atoms with Gasteiger partial charge in [-0.1, -0.05) is 19.9 Å². The molecule has 140 valence electrons. The van der Waals surface area contributed by atoms with Gasteiger partial charge in [0.05, 0.1) is 6.04 Å². The van der Waals surface area contributed by atoms with E-state index in [2.05, 4.69) is 19.9 Å². The Bertz CT molecular complexity index is 558. The summed E-state index contributed by atoms with van der Waals surface area (Å²) in [4.78, 5) is 27.9. The van der Waals surface area contributed by atoms with E-state index >= 15 is 0 Å². The molecule has 1 aromatic heterocycles. The van der Waals surface area contributed by atoms with Gasteiger partial charge in [-0.3, -0.25) is 4.79 Å². The fourth-order valence-corrected chi connectivity index (χ4v) is 3.78. The van der Waals surface area contributed by atoms with Crippen molar-refractivity contribution in [1.82, 2.24) is 4.90 Å². The van der Waals surface area contributed by atoms with E-state index in [1.807, 2.05) is 16.3 Å². The fraction of sp³-hybridized carbons (Fsp3) is 0.684. The normalized spacial score (nSPS) is 19.9. The van der Waals surface area contributed by atoms with E-state index in [1.165, 1.54) is 4.88 Å². The second-order valence-electron chi connectivity index (χ2n) is 6.98. The minimum atomic E-state index is -0.788. The molecule has 0 aromatic carbocycles. The van der Waals surface area contributed by atoms with E-state index in [4.69, 9.17) is 9.47 Å². The number of carbonyl (C=O) groups is 2. The largest absolute Gasteiger partial charge is 0.451 e. The third kappa shape index (κ3) is 5.54. The SMILES string of the molecule is CC(C)CCOC(C)C(=O)OC(C)C(=O)N1CCCC1c1cccs1. The predicted molar refractivity (Wildman–Crippen MR) is 98.4 cm³/mol. The lowest BCUT2D eigenvalue weighted by Crippen LogP contribution is -2.41. The molecule has 1 saturated heterocycles. The van der Waals surface area contributed by atoms with Crippen LogP contribution in [0.1, 0.15) is 57.9 Å². The van der Waals surface area contributed by atoms with Gasteiger partial charge in [-0.15, -0.1) is 11.3 Å². The quantitative estimate of drug-likeness (QED) is 0.656. The summed E-state index contributed by atoms with van der Waals surface area (Å²) in [6.07, 6.45) is 1.39. The van der Waals surface area contributed by atoms with Gasteiger partial charge in [-0.25, -0.2) is 4.79 Å². The van der Waals surface area contributed by atoms with Crippen LogP contribution in [0.5, 0.6) is 0 Å². The monoisotopic (exact) mass is 367 g/mol. The van der Waals surface area contributed by atoms with Gasteiger partial charge in [0.2, 0.25) is 0 Å². The third-order valence-electron chi connectivity index (χ3n) is 4.44. The van der Waals surface area contributed by atoms with Crippen molar-refractivity contribution in [1.29, 1.82) is 0 Å². The molecule has 1 aliphatic rings. The first kappa shape index (κ1) is 19.9. The summed E-state index contributed by atoms with van der Waals surface area (Å²) in [7, 11) is 0. The Hall–Kier alpha value is -1.40. The summed E-state index contributed by atoms with van der Waals surface area (Å²) in [5.41, 5.74) is 0. The maximum atomic E-state index is 12.7. The summed E-state index contributed by atoms with van der Waals surface area (Å²) in [5, 5.41) is 2.02. The number of esters is 1. The van der Waals surface area contributed by atoms with Crippen LogP contribution in [0.15, 0.2) is 17.5 Å². The maximum absolute atomic E-state index is 12.7. The maximum Gasteiger partial charge on any atom is 0.335 e. The molecule has 5 nitrogen and oxygen atoms in total. The smallest absolute Gasteiger partial charge is 0.335 e. The van der Waals surface area contributed by atoms with E-state index in [-0.39, 0.29) is 11.9 Å². The molecule has 2 rings (SSSR count). The molecule has 0 bridgehead atoms. The average molecular weight is 368 g/mol. The summed E-state index contributed by atoms with van der Waals surface area (Å²) in [5.74, 6) is -0.0804. The number of amides is 1. The van der Waals surface area contributed by atoms with Crippen molar-refractivity contribution in [2.24, 2.45) is 5.92 Å². The molecule has 1 fully saturated rings. The first-order chi connectivity index (χ1) is 11.9. The van der Waals surface area contributed by atoms with E-state index in [9.17, 15) is 9.59 Å². The molecule has 1 aromatic rings. The number of hydrogen-bond acceptors (Lipinski definition) is 5. The number of carbonyl (C=O) groups excluding carboxylic acids is 2. The summed E-state index contributed by atoms with van der Waals surface area (Å²) >= 11 is 1.66. The standard InChI is InChI=1S/C19H29NO4S/c1-13(2)9-11-23-15(4)19(22)24-14(3)18(21)20-10-5-7-16(20)17-8-6-12-25-17/h6,8,12-16H,5,7,9-11H2,1-4H3. The summed E-state index contributed by atoms with van der Waals surface area (Å²) < 4.78 is 10.9. The van der Waals surface area contributed by atoms with E-state index in [0.717, 1.165) is 19.3 Å². The van der Waals surface area contributed by atoms with Gasteiger partial charge in [0, 0.05) is 18.0 Å². The first-order valence-corrected chi connectivity index (χ1v) is 9.94. The fourth-order valence-electron chi connectivity index (χ4n) is 2.91. The zero-order valence-electron chi connectivity index (χ0n) is 15.6. The molecule has 3 atom stereocenters. The molecule has 1 aliphatic heterocycles. The lowest BCUT2D eigenvalue weighted by molar-refractivity contribution is -0.168. The molecule has 2 heterocycles. The van der Waals surface area contributed by atoms with Crippen LogP contribution < -0.4 is 0 Å². The molecule has 0 N–H and O–H groups in total. The Morgan fingerprint density at radius 1 is 1.28 bits per heavy atom. The summed E-state index contributed by atoms with van der Waals surface area (Å²) in [6, 6.07) is 4.16. The lowest BCUT2D eigenvalue weighted by atomic mass is 10.1. The van der Waals surface area contributed by atoms with E-state index in [1.54, 1.807) is 25.2 Å². The minimum absolute atomic E-state index is 0.105. The second-order valence-corrected chi connectivity index (χ2v) is 7.96. The van der Waals surface area contributed by atoms with E-state index < -0.39 is 18.2 Å². The molecular formula is C19H29NO4S. The molecule has 0 aliphatic carbocycles. The summed E-state index contributed by atoms with van der Waals surface area (Å²) in [6.45, 7) is 8.75. The number of hydrogen-bond donors (Lipinski definition) is 0. The van der Waals surface area contributed by atoms with Crippen molar-refractivity contribution in [3.8, 4) is 0 Å². The zero-order chi connectivity index (χ0) is 18.4. The highest BCUT2D eigenvalue weighted by atomic mass is 32.1. The minimum Gasteiger partial charge on any atom is -0.451 e. The van der Waals surface area contributed by atoms with Gasteiger partial charge in [-0.2, -0.15) is 0 Å². The van der Waals surface area contributed by atoms with Gasteiger partial charge >= 0.3 is 5.97 Å². The zero-order valence-corrected chi connectivity index (χ0v) is 16.4. The molecule has 25 heavy (non-hydrogen) atoms. The molecule has 0 radical (unpaired) electrons. The lowest BCUT2D eigenvalue weighted by Gasteiger charge is -2.27.